The number of amides is 1. The van der Waals surface area contributed by atoms with E-state index in [1.165, 1.54) is 29.7 Å². The Bertz CT molecular complexity index is 998. The molecule has 0 bridgehead atoms. The lowest BCUT2D eigenvalue weighted by Crippen LogP contribution is -2.18. The molecule has 0 atom stereocenters. The van der Waals surface area contributed by atoms with Crippen molar-refractivity contribution in [2.45, 2.75) is 19.4 Å². The molecule has 1 fully saturated rings. The lowest BCUT2D eigenvalue weighted by molar-refractivity contribution is 0.102. The first-order valence-electron chi connectivity index (χ1n) is 8.82. The van der Waals surface area contributed by atoms with Gasteiger partial charge in [0.1, 0.15) is 0 Å². The average Bonchev–Trinajstić information content (AvgIpc) is 3.24. The standard InChI is InChI=1S/C20H21N3O2S/c1-22-17-9-8-16(12-18(17)26-20(22)25)21-19(24)15-6-4-14(5-7-15)13-23-10-2-3-11-23/h4-9,12H,2-3,10-11,13H2,1H3,(H,21,24). The summed E-state index contributed by atoms with van der Waals surface area (Å²) in [4.78, 5) is 26.7. The summed E-state index contributed by atoms with van der Waals surface area (Å²) in [6.45, 7) is 3.28. The van der Waals surface area contributed by atoms with E-state index in [-0.39, 0.29) is 10.8 Å². The van der Waals surface area contributed by atoms with Crippen LogP contribution in [0.5, 0.6) is 0 Å². The minimum absolute atomic E-state index is 0.00272. The van der Waals surface area contributed by atoms with Gasteiger partial charge in [0.15, 0.2) is 0 Å². The van der Waals surface area contributed by atoms with Crippen LogP contribution < -0.4 is 10.2 Å². The average molecular weight is 367 g/mol. The van der Waals surface area contributed by atoms with Crippen LogP contribution in [0, 0.1) is 0 Å². The summed E-state index contributed by atoms with van der Waals surface area (Å²) in [5, 5.41) is 2.92. The Kier molecular flexibility index (Phi) is 4.61. The minimum Gasteiger partial charge on any atom is -0.322 e. The van der Waals surface area contributed by atoms with Gasteiger partial charge in [-0.25, -0.2) is 0 Å². The van der Waals surface area contributed by atoms with E-state index in [1.54, 1.807) is 11.6 Å². The van der Waals surface area contributed by atoms with Crippen molar-refractivity contribution in [3.8, 4) is 0 Å². The van der Waals surface area contributed by atoms with Gasteiger partial charge >= 0.3 is 4.87 Å². The Morgan fingerprint density at radius 2 is 1.85 bits per heavy atom. The molecule has 0 unspecified atom stereocenters. The van der Waals surface area contributed by atoms with Crippen LogP contribution in [0.2, 0.25) is 0 Å². The highest BCUT2D eigenvalue weighted by Crippen LogP contribution is 2.22. The maximum absolute atomic E-state index is 12.5. The van der Waals surface area contributed by atoms with Crippen molar-refractivity contribution in [3.05, 3.63) is 63.3 Å². The fourth-order valence-corrected chi connectivity index (χ4v) is 4.29. The van der Waals surface area contributed by atoms with Crippen molar-refractivity contribution in [2.75, 3.05) is 18.4 Å². The largest absolute Gasteiger partial charge is 0.322 e. The van der Waals surface area contributed by atoms with Crippen molar-refractivity contribution in [3.63, 3.8) is 0 Å². The number of likely N-dealkylation sites (tertiary alicyclic amines) is 1. The van der Waals surface area contributed by atoms with Crippen LogP contribution in [0.1, 0.15) is 28.8 Å². The van der Waals surface area contributed by atoms with Gasteiger partial charge in [0.05, 0.1) is 10.2 Å². The van der Waals surface area contributed by atoms with Gasteiger partial charge in [-0.3, -0.25) is 14.5 Å². The number of nitrogens with one attached hydrogen (secondary N) is 1. The van der Waals surface area contributed by atoms with E-state index in [9.17, 15) is 9.59 Å². The number of fused-ring (bicyclic) bond motifs is 1. The molecule has 1 aromatic heterocycles. The molecule has 2 aromatic carbocycles. The zero-order valence-corrected chi connectivity index (χ0v) is 15.5. The summed E-state index contributed by atoms with van der Waals surface area (Å²) >= 11 is 1.18. The van der Waals surface area contributed by atoms with Gasteiger partial charge in [-0.1, -0.05) is 23.5 Å². The monoisotopic (exact) mass is 367 g/mol. The second-order valence-electron chi connectivity index (χ2n) is 6.74. The number of hydrogen-bond donors (Lipinski definition) is 1. The number of anilines is 1. The highest BCUT2D eigenvalue weighted by Gasteiger charge is 2.13. The van der Waals surface area contributed by atoms with Crippen LogP contribution in [-0.2, 0) is 13.6 Å². The number of aryl methyl sites for hydroxylation is 1. The number of carbonyl (C=O) groups is 1. The summed E-state index contributed by atoms with van der Waals surface area (Å²) in [5.41, 5.74) is 3.45. The van der Waals surface area contributed by atoms with E-state index in [0.29, 0.717) is 11.3 Å². The minimum atomic E-state index is -0.139. The van der Waals surface area contributed by atoms with Crippen LogP contribution in [0.3, 0.4) is 0 Å². The highest BCUT2D eigenvalue weighted by atomic mass is 32.1. The molecule has 4 rings (SSSR count). The number of rotatable bonds is 4. The van der Waals surface area contributed by atoms with Gasteiger partial charge in [-0.2, -0.15) is 0 Å². The molecule has 26 heavy (non-hydrogen) atoms. The molecular formula is C20H21N3O2S. The molecule has 5 nitrogen and oxygen atoms in total. The molecule has 1 N–H and O–H groups in total. The predicted molar refractivity (Wildman–Crippen MR) is 106 cm³/mol. The van der Waals surface area contributed by atoms with Gasteiger partial charge < -0.3 is 9.88 Å². The zero-order chi connectivity index (χ0) is 18.1. The van der Waals surface area contributed by atoms with E-state index in [1.807, 2.05) is 42.5 Å². The van der Waals surface area contributed by atoms with Crippen LogP contribution in [-0.4, -0.2) is 28.5 Å². The predicted octanol–water partition coefficient (Wildman–Crippen LogP) is 3.45. The second kappa shape index (κ2) is 7.05. The van der Waals surface area contributed by atoms with Gasteiger partial charge in [0, 0.05) is 24.8 Å². The Morgan fingerprint density at radius 1 is 1.12 bits per heavy atom. The van der Waals surface area contributed by atoms with Crippen LogP contribution >= 0.6 is 11.3 Å². The molecule has 1 saturated heterocycles. The topological polar surface area (TPSA) is 54.3 Å². The second-order valence-corrected chi connectivity index (χ2v) is 7.74. The molecule has 6 heteroatoms. The number of thiazole rings is 1. The van der Waals surface area contributed by atoms with Crippen molar-refractivity contribution in [1.82, 2.24) is 9.47 Å². The fourth-order valence-electron chi connectivity index (χ4n) is 3.38. The number of hydrogen-bond acceptors (Lipinski definition) is 4. The number of aromatic nitrogens is 1. The van der Waals surface area contributed by atoms with Crippen LogP contribution in [0.4, 0.5) is 5.69 Å². The lowest BCUT2D eigenvalue weighted by Gasteiger charge is -2.14. The fraction of sp³-hybridized carbons (Fsp3) is 0.300. The molecule has 0 spiro atoms. The number of benzene rings is 2. The summed E-state index contributed by atoms with van der Waals surface area (Å²) in [6, 6.07) is 13.3. The molecule has 1 amide bonds. The molecule has 3 aromatic rings. The van der Waals surface area contributed by atoms with E-state index in [2.05, 4.69) is 10.2 Å². The number of carbonyl (C=O) groups excluding carboxylic acids is 1. The summed E-state index contributed by atoms with van der Waals surface area (Å²) < 4.78 is 2.49. The van der Waals surface area contributed by atoms with Gasteiger partial charge in [0.25, 0.3) is 5.91 Å². The quantitative estimate of drug-likeness (QED) is 0.768. The Labute approximate surface area is 155 Å². The Hall–Kier alpha value is -2.44. The van der Waals surface area contributed by atoms with Crippen molar-refractivity contribution in [1.29, 1.82) is 0 Å². The lowest BCUT2D eigenvalue weighted by atomic mass is 10.1. The van der Waals surface area contributed by atoms with Crippen molar-refractivity contribution in [2.24, 2.45) is 7.05 Å². The van der Waals surface area contributed by atoms with Gasteiger partial charge in [-0.05, 0) is 61.8 Å². The maximum Gasteiger partial charge on any atom is 0.307 e. The summed E-state index contributed by atoms with van der Waals surface area (Å²) in [6.07, 6.45) is 2.56. The molecule has 0 radical (unpaired) electrons. The van der Waals surface area contributed by atoms with Crippen LogP contribution in [0.15, 0.2) is 47.3 Å². The Balaban J connectivity index is 1.46. The third kappa shape index (κ3) is 3.43. The van der Waals surface area contributed by atoms with Crippen molar-refractivity contribution < 1.29 is 4.79 Å². The zero-order valence-electron chi connectivity index (χ0n) is 14.7. The molecule has 0 saturated carbocycles. The Morgan fingerprint density at radius 3 is 2.58 bits per heavy atom. The van der Waals surface area contributed by atoms with Gasteiger partial charge in [0.2, 0.25) is 0 Å². The molecule has 134 valence electrons. The maximum atomic E-state index is 12.5. The first-order chi connectivity index (χ1) is 12.6. The highest BCUT2D eigenvalue weighted by molar-refractivity contribution is 7.16. The first kappa shape index (κ1) is 17.0. The number of nitrogens with zero attached hydrogens (tertiary/aromatic N) is 2. The van der Waals surface area contributed by atoms with E-state index in [0.717, 1.165) is 29.9 Å². The third-order valence-electron chi connectivity index (χ3n) is 4.87. The van der Waals surface area contributed by atoms with E-state index >= 15 is 0 Å². The molecular weight excluding hydrogens is 346 g/mol. The molecule has 1 aliphatic heterocycles. The summed E-state index contributed by atoms with van der Waals surface area (Å²) in [5.74, 6) is -0.139. The normalized spacial score (nSPS) is 14.8. The van der Waals surface area contributed by atoms with Crippen LogP contribution in [0.25, 0.3) is 10.2 Å². The van der Waals surface area contributed by atoms with E-state index < -0.39 is 0 Å². The first-order valence-corrected chi connectivity index (χ1v) is 9.64. The molecule has 0 aliphatic carbocycles. The van der Waals surface area contributed by atoms with E-state index in [4.69, 9.17) is 0 Å². The van der Waals surface area contributed by atoms with Gasteiger partial charge in [-0.15, -0.1) is 0 Å². The SMILES string of the molecule is Cn1c(=O)sc2cc(NC(=O)c3ccc(CN4CCCC4)cc3)ccc21. The third-order valence-corrected chi connectivity index (χ3v) is 5.87. The summed E-state index contributed by atoms with van der Waals surface area (Å²) in [7, 11) is 1.75. The smallest absolute Gasteiger partial charge is 0.307 e. The molecule has 1 aliphatic rings. The van der Waals surface area contributed by atoms with Crippen molar-refractivity contribution >= 4 is 33.1 Å². The molecule has 2 heterocycles.